The third-order valence-corrected chi connectivity index (χ3v) is 5.71. The van der Waals surface area contributed by atoms with Crippen molar-refractivity contribution in [1.82, 2.24) is 3.97 Å². The van der Waals surface area contributed by atoms with E-state index in [0.717, 1.165) is 3.97 Å². The molecule has 0 amide bonds. The van der Waals surface area contributed by atoms with Gasteiger partial charge in [0.25, 0.3) is 10.0 Å². The molecule has 2 N–H and O–H groups in total. The fourth-order valence-corrected chi connectivity index (χ4v) is 4.05. The molecule has 1 aromatic heterocycles. The van der Waals surface area contributed by atoms with E-state index in [9.17, 15) is 13.2 Å². The number of methoxy groups -OCH3 is 2. The molecule has 0 saturated carbocycles. The van der Waals surface area contributed by atoms with Crippen LogP contribution < -0.4 is 14.8 Å². The summed E-state index contributed by atoms with van der Waals surface area (Å²) in [4.78, 5) is 11.0. The average Bonchev–Trinajstić information content (AvgIpc) is 3.05. The predicted molar refractivity (Wildman–Crippen MR) is 100 cm³/mol. The van der Waals surface area contributed by atoms with Gasteiger partial charge in [0, 0.05) is 11.6 Å². The fourth-order valence-electron chi connectivity index (χ4n) is 2.68. The lowest BCUT2D eigenvalue weighted by atomic mass is 10.2. The number of hydrogen-bond donors (Lipinski definition) is 2. The number of ether oxygens (including phenoxy) is 2. The second kappa shape index (κ2) is 7.20. The van der Waals surface area contributed by atoms with Gasteiger partial charge in [0.1, 0.15) is 18.0 Å². The summed E-state index contributed by atoms with van der Waals surface area (Å²) in [5.41, 5.74) is 0.780. The fraction of sp³-hybridized carbons (Fsp3) is 0.167. The second-order valence-corrected chi connectivity index (χ2v) is 7.46. The maximum atomic E-state index is 13.1. The summed E-state index contributed by atoms with van der Waals surface area (Å²) in [6.07, 6.45) is 1.37. The number of benzene rings is 2. The van der Waals surface area contributed by atoms with Crippen molar-refractivity contribution in [2.45, 2.75) is 4.90 Å². The molecule has 0 radical (unpaired) electrons. The Morgan fingerprint density at radius 1 is 1.07 bits per heavy atom. The van der Waals surface area contributed by atoms with E-state index in [1.807, 2.05) is 0 Å². The summed E-state index contributed by atoms with van der Waals surface area (Å²) in [7, 11) is -0.902. The zero-order valence-corrected chi connectivity index (χ0v) is 15.5. The van der Waals surface area contributed by atoms with Crippen LogP contribution >= 0.6 is 0 Å². The van der Waals surface area contributed by atoms with Crippen molar-refractivity contribution in [1.29, 1.82) is 0 Å². The summed E-state index contributed by atoms with van der Waals surface area (Å²) in [5, 5.41) is 12.2. The van der Waals surface area contributed by atoms with Crippen molar-refractivity contribution < 1.29 is 27.8 Å². The number of nitrogens with one attached hydrogen (secondary N) is 1. The molecule has 2 aromatic carbocycles. The smallest absolute Gasteiger partial charge is 0.322 e. The molecule has 0 atom stereocenters. The molecule has 3 aromatic rings. The number of nitrogens with zero attached hydrogens (tertiary/aromatic N) is 1. The van der Waals surface area contributed by atoms with E-state index in [-0.39, 0.29) is 11.4 Å². The Labute approximate surface area is 156 Å². The Morgan fingerprint density at radius 2 is 1.70 bits per heavy atom. The van der Waals surface area contributed by atoms with E-state index in [1.165, 1.54) is 32.5 Å². The highest BCUT2D eigenvalue weighted by molar-refractivity contribution is 7.90. The minimum atomic E-state index is -3.89. The van der Waals surface area contributed by atoms with Gasteiger partial charge < -0.3 is 19.9 Å². The van der Waals surface area contributed by atoms with Crippen molar-refractivity contribution in [2.75, 3.05) is 26.1 Å². The van der Waals surface area contributed by atoms with Gasteiger partial charge in [0.15, 0.2) is 0 Å². The number of carbonyl (C=O) groups is 1. The highest BCUT2D eigenvalue weighted by Crippen LogP contribution is 2.32. The highest BCUT2D eigenvalue weighted by atomic mass is 32.2. The first-order valence-corrected chi connectivity index (χ1v) is 9.35. The lowest BCUT2D eigenvalue weighted by molar-refractivity contribution is -0.134. The van der Waals surface area contributed by atoms with Crippen LogP contribution in [0.15, 0.2) is 53.6 Å². The third kappa shape index (κ3) is 3.54. The number of hydrogen-bond acceptors (Lipinski definition) is 6. The summed E-state index contributed by atoms with van der Waals surface area (Å²) in [5.74, 6) is 0.0112. The monoisotopic (exact) mass is 390 g/mol. The van der Waals surface area contributed by atoms with Crippen molar-refractivity contribution in [2.24, 2.45) is 0 Å². The van der Waals surface area contributed by atoms with Crippen molar-refractivity contribution in [3.05, 3.63) is 48.7 Å². The van der Waals surface area contributed by atoms with Gasteiger partial charge in [-0.25, -0.2) is 12.4 Å². The molecular weight excluding hydrogens is 372 g/mol. The van der Waals surface area contributed by atoms with Crippen LogP contribution in [-0.2, 0) is 14.8 Å². The zero-order valence-electron chi connectivity index (χ0n) is 14.7. The zero-order chi connectivity index (χ0) is 19.6. The number of anilines is 1. The Hall–Kier alpha value is -3.20. The molecule has 9 heteroatoms. The van der Waals surface area contributed by atoms with Crippen molar-refractivity contribution in [3.8, 4) is 11.5 Å². The van der Waals surface area contributed by atoms with Crippen LogP contribution in [0.1, 0.15) is 0 Å². The van der Waals surface area contributed by atoms with Crippen LogP contribution in [0.3, 0.4) is 0 Å². The maximum absolute atomic E-state index is 13.1. The van der Waals surface area contributed by atoms with Crippen LogP contribution in [0.4, 0.5) is 5.69 Å². The van der Waals surface area contributed by atoms with Gasteiger partial charge in [-0.1, -0.05) is 0 Å². The Balaban J connectivity index is 2.15. The Morgan fingerprint density at radius 3 is 2.30 bits per heavy atom. The second-order valence-electron chi connectivity index (χ2n) is 5.65. The first kappa shape index (κ1) is 18.6. The predicted octanol–water partition coefficient (Wildman–Crippen LogP) is 2.39. The summed E-state index contributed by atoms with van der Waals surface area (Å²) < 4.78 is 37.6. The molecular formula is C18H18N2O6S. The molecule has 0 aliphatic heterocycles. The standard InChI is InChI=1S/C18H18N2O6S/c1-25-12-3-6-14(7-4-12)27(23,24)20-11-16(19-10-18(21)22)15-9-13(26-2)5-8-17(15)20/h3-9,11,19H,10H2,1-2H3,(H,21,22). The van der Waals surface area contributed by atoms with Crippen molar-refractivity contribution >= 4 is 32.6 Å². The Bertz CT molecular complexity index is 1090. The number of fused-ring (bicyclic) bond motifs is 1. The maximum Gasteiger partial charge on any atom is 0.322 e. The molecule has 142 valence electrons. The van der Waals surface area contributed by atoms with E-state index in [0.29, 0.717) is 28.1 Å². The molecule has 8 nitrogen and oxygen atoms in total. The largest absolute Gasteiger partial charge is 0.497 e. The lowest BCUT2D eigenvalue weighted by Crippen LogP contribution is -2.13. The first-order chi connectivity index (χ1) is 12.9. The van der Waals surface area contributed by atoms with Gasteiger partial charge in [-0.15, -0.1) is 0 Å². The average molecular weight is 390 g/mol. The van der Waals surface area contributed by atoms with Gasteiger partial charge >= 0.3 is 5.97 Å². The van der Waals surface area contributed by atoms with Gasteiger partial charge in [0.05, 0.1) is 30.3 Å². The van der Waals surface area contributed by atoms with E-state index in [4.69, 9.17) is 14.6 Å². The molecule has 3 rings (SSSR count). The van der Waals surface area contributed by atoms with Crippen molar-refractivity contribution in [3.63, 3.8) is 0 Å². The molecule has 0 saturated heterocycles. The normalized spacial score (nSPS) is 11.3. The third-order valence-electron chi connectivity index (χ3n) is 4.02. The van der Waals surface area contributed by atoms with Gasteiger partial charge in [0.2, 0.25) is 0 Å². The van der Waals surface area contributed by atoms with Crippen LogP contribution in [0.5, 0.6) is 11.5 Å². The quantitative estimate of drug-likeness (QED) is 0.638. The molecule has 0 unspecified atom stereocenters. The van der Waals surface area contributed by atoms with Crippen LogP contribution in [0, 0.1) is 0 Å². The van der Waals surface area contributed by atoms with E-state index < -0.39 is 16.0 Å². The van der Waals surface area contributed by atoms with Gasteiger partial charge in [-0.3, -0.25) is 4.79 Å². The number of carboxylic acid groups (broad SMARTS) is 1. The number of carboxylic acids is 1. The summed E-state index contributed by atoms with van der Waals surface area (Å²) >= 11 is 0. The van der Waals surface area contributed by atoms with Gasteiger partial charge in [-0.2, -0.15) is 0 Å². The molecule has 1 heterocycles. The molecule has 0 fully saturated rings. The highest BCUT2D eigenvalue weighted by Gasteiger charge is 2.22. The summed E-state index contributed by atoms with van der Waals surface area (Å²) in [6.45, 7) is -0.348. The number of rotatable bonds is 7. The number of aromatic nitrogens is 1. The van der Waals surface area contributed by atoms with Crippen LogP contribution in [0.25, 0.3) is 10.9 Å². The first-order valence-electron chi connectivity index (χ1n) is 7.91. The van der Waals surface area contributed by atoms with Gasteiger partial charge in [-0.05, 0) is 42.5 Å². The molecule has 27 heavy (non-hydrogen) atoms. The van der Waals surface area contributed by atoms with E-state index in [2.05, 4.69) is 5.32 Å². The lowest BCUT2D eigenvalue weighted by Gasteiger charge is -2.08. The van der Waals surface area contributed by atoms with E-state index >= 15 is 0 Å². The van der Waals surface area contributed by atoms with E-state index in [1.54, 1.807) is 30.3 Å². The Kier molecular flexibility index (Phi) is 4.95. The molecule has 0 aliphatic carbocycles. The number of aliphatic carboxylic acids is 1. The topological polar surface area (TPSA) is 107 Å². The summed E-state index contributed by atoms with van der Waals surface area (Å²) in [6, 6.07) is 10.9. The minimum absolute atomic E-state index is 0.0841. The molecule has 0 spiro atoms. The minimum Gasteiger partial charge on any atom is -0.497 e. The van der Waals surface area contributed by atoms with Crippen LogP contribution in [0.2, 0.25) is 0 Å². The molecule has 0 bridgehead atoms. The SMILES string of the molecule is COc1ccc(S(=O)(=O)n2cc(NCC(=O)O)c3cc(OC)ccc32)cc1. The van der Waals surface area contributed by atoms with Crippen LogP contribution in [-0.4, -0.2) is 44.2 Å². The molecule has 0 aliphatic rings.